The average Bonchev–Trinajstić information content (AvgIpc) is 3.12. The molecule has 0 bridgehead atoms. The third-order valence-electron chi connectivity index (χ3n) is 3.26. The first-order chi connectivity index (χ1) is 9.70. The van der Waals surface area contributed by atoms with Crippen molar-refractivity contribution in [3.8, 4) is 0 Å². The van der Waals surface area contributed by atoms with E-state index in [0.717, 1.165) is 29.7 Å². The second kappa shape index (κ2) is 5.75. The maximum Gasteiger partial charge on any atom is 0.390 e. The summed E-state index contributed by atoms with van der Waals surface area (Å²) >= 11 is 1.15. The van der Waals surface area contributed by atoms with E-state index in [0.29, 0.717) is 15.6 Å². The Kier molecular flexibility index (Phi) is 4.36. The van der Waals surface area contributed by atoms with E-state index in [4.69, 9.17) is 5.73 Å². The van der Waals surface area contributed by atoms with Crippen LogP contribution >= 0.6 is 11.3 Å². The maximum absolute atomic E-state index is 12.2. The fourth-order valence-electron chi connectivity index (χ4n) is 2.04. The van der Waals surface area contributed by atoms with Crippen molar-refractivity contribution in [1.82, 2.24) is 4.90 Å². The molecule has 1 aliphatic rings. The molecule has 4 nitrogen and oxygen atoms in total. The molecular weight excluding hydrogens is 303 g/mol. The van der Waals surface area contributed by atoms with Crippen molar-refractivity contribution in [2.75, 3.05) is 31.7 Å². The number of amides is 1. The molecule has 118 valence electrons. The quantitative estimate of drug-likeness (QED) is 0.875. The van der Waals surface area contributed by atoms with Crippen LogP contribution in [0.15, 0.2) is 0 Å². The van der Waals surface area contributed by atoms with E-state index >= 15 is 0 Å². The van der Waals surface area contributed by atoms with E-state index in [1.807, 2.05) is 0 Å². The zero-order valence-corrected chi connectivity index (χ0v) is 12.7. The molecule has 1 aromatic rings. The molecule has 0 unspecified atom stereocenters. The Balaban J connectivity index is 2.19. The van der Waals surface area contributed by atoms with Crippen molar-refractivity contribution in [3.63, 3.8) is 0 Å². The second-order valence-corrected chi connectivity index (χ2v) is 6.37. The van der Waals surface area contributed by atoms with E-state index < -0.39 is 12.6 Å². The highest BCUT2D eigenvalue weighted by atomic mass is 32.1. The second-order valence-electron chi connectivity index (χ2n) is 5.35. The van der Waals surface area contributed by atoms with E-state index in [1.54, 1.807) is 14.1 Å². The molecule has 3 N–H and O–H groups in total. The summed E-state index contributed by atoms with van der Waals surface area (Å²) in [5, 5.41) is 3.40. The standard InChI is InChI=1S/C13H18F3N3OS/c1-19(2)12(20)10-9(17)8(7-3-4-7)11(21-10)18-6-5-13(14,15)16/h7,18H,3-6,17H2,1-2H3. The summed E-state index contributed by atoms with van der Waals surface area (Å²) in [7, 11) is 3.24. The predicted octanol–water partition coefficient (Wildman–Crippen LogP) is 3.27. The summed E-state index contributed by atoms with van der Waals surface area (Å²) in [5.41, 5.74) is 7.27. The van der Waals surface area contributed by atoms with Gasteiger partial charge in [0.1, 0.15) is 4.88 Å². The molecule has 0 aliphatic heterocycles. The Bertz CT molecular complexity index is 535. The van der Waals surface area contributed by atoms with Gasteiger partial charge in [-0.2, -0.15) is 13.2 Å². The highest BCUT2D eigenvalue weighted by molar-refractivity contribution is 7.18. The minimum Gasteiger partial charge on any atom is -0.397 e. The van der Waals surface area contributed by atoms with Gasteiger partial charge in [-0.25, -0.2) is 0 Å². The molecule has 1 saturated carbocycles. The number of halogens is 3. The van der Waals surface area contributed by atoms with Crippen LogP contribution in [0.2, 0.25) is 0 Å². The lowest BCUT2D eigenvalue weighted by molar-refractivity contribution is -0.131. The number of anilines is 2. The maximum atomic E-state index is 12.2. The van der Waals surface area contributed by atoms with Crippen LogP contribution in [0.5, 0.6) is 0 Å². The first kappa shape index (κ1) is 15.9. The fraction of sp³-hybridized carbons (Fsp3) is 0.615. The van der Waals surface area contributed by atoms with Crippen LogP contribution in [-0.2, 0) is 0 Å². The van der Waals surface area contributed by atoms with Crippen LogP contribution in [0.4, 0.5) is 23.9 Å². The Morgan fingerprint density at radius 2 is 2.05 bits per heavy atom. The van der Waals surface area contributed by atoms with Gasteiger partial charge in [0.2, 0.25) is 0 Å². The molecule has 2 rings (SSSR count). The Labute approximate surface area is 125 Å². The van der Waals surface area contributed by atoms with Gasteiger partial charge < -0.3 is 16.0 Å². The topological polar surface area (TPSA) is 58.4 Å². The zero-order chi connectivity index (χ0) is 15.8. The van der Waals surface area contributed by atoms with Crippen molar-refractivity contribution in [2.24, 2.45) is 0 Å². The number of rotatable bonds is 5. The summed E-state index contributed by atoms with van der Waals surface area (Å²) in [5.74, 6) is 0.0432. The van der Waals surface area contributed by atoms with Crippen LogP contribution in [0, 0.1) is 0 Å². The smallest absolute Gasteiger partial charge is 0.390 e. The molecule has 1 amide bonds. The average molecular weight is 321 g/mol. The third kappa shape index (κ3) is 3.81. The van der Waals surface area contributed by atoms with Crippen LogP contribution in [0.3, 0.4) is 0 Å². The highest BCUT2D eigenvalue weighted by Gasteiger charge is 2.34. The number of carbonyl (C=O) groups is 1. The number of hydrogen-bond acceptors (Lipinski definition) is 4. The van der Waals surface area contributed by atoms with Gasteiger partial charge in [0.25, 0.3) is 5.91 Å². The molecule has 1 fully saturated rings. The van der Waals surface area contributed by atoms with Gasteiger partial charge in [-0.1, -0.05) is 0 Å². The number of hydrogen-bond donors (Lipinski definition) is 2. The number of nitrogens with zero attached hydrogens (tertiary/aromatic N) is 1. The van der Waals surface area contributed by atoms with Crippen LogP contribution < -0.4 is 11.1 Å². The summed E-state index contributed by atoms with van der Waals surface area (Å²) in [6, 6.07) is 0. The van der Waals surface area contributed by atoms with Crippen molar-refractivity contribution in [2.45, 2.75) is 31.4 Å². The minimum absolute atomic E-state index is 0.210. The van der Waals surface area contributed by atoms with Gasteiger partial charge in [0.05, 0.1) is 17.1 Å². The predicted molar refractivity (Wildman–Crippen MR) is 77.9 cm³/mol. The summed E-state index contributed by atoms with van der Waals surface area (Å²) in [4.78, 5) is 13.9. The number of nitrogen functional groups attached to an aromatic ring is 1. The summed E-state index contributed by atoms with van der Waals surface area (Å²) < 4.78 is 36.7. The van der Waals surface area contributed by atoms with Crippen molar-refractivity contribution in [1.29, 1.82) is 0 Å². The molecular formula is C13H18F3N3OS. The normalized spacial score (nSPS) is 15.1. The molecule has 0 spiro atoms. The fourth-order valence-corrected chi connectivity index (χ4v) is 3.30. The lowest BCUT2D eigenvalue weighted by Crippen LogP contribution is -2.21. The van der Waals surface area contributed by atoms with Crippen molar-refractivity contribution >= 4 is 27.9 Å². The van der Waals surface area contributed by atoms with Gasteiger partial charge in [0, 0.05) is 26.2 Å². The first-order valence-electron chi connectivity index (χ1n) is 6.65. The van der Waals surface area contributed by atoms with Crippen LogP contribution in [0.25, 0.3) is 0 Å². The van der Waals surface area contributed by atoms with Crippen molar-refractivity contribution < 1.29 is 18.0 Å². The number of thiophene rings is 1. The zero-order valence-electron chi connectivity index (χ0n) is 11.9. The highest BCUT2D eigenvalue weighted by Crippen LogP contribution is 2.51. The largest absolute Gasteiger partial charge is 0.397 e. The lowest BCUT2D eigenvalue weighted by Gasteiger charge is -2.09. The van der Waals surface area contributed by atoms with Crippen LogP contribution in [-0.4, -0.2) is 37.6 Å². The molecule has 0 aromatic carbocycles. The van der Waals surface area contributed by atoms with Gasteiger partial charge >= 0.3 is 6.18 Å². The lowest BCUT2D eigenvalue weighted by atomic mass is 10.1. The molecule has 0 radical (unpaired) electrons. The van der Waals surface area contributed by atoms with E-state index in [9.17, 15) is 18.0 Å². The summed E-state index contributed by atoms with van der Waals surface area (Å²) in [6.07, 6.45) is -3.18. The molecule has 1 aliphatic carbocycles. The first-order valence-corrected chi connectivity index (χ1v) is 7.46. The van der Waals surface area contributed by atoms with Crippen molar-refractivity contribution in [3.05, 3.63) is 10.4 Å². The Morgan fingerprint density at radius 3 is 2.52 bits per heavy atom. The summed E-state index contributed by atoms with van der Waals surface area (Å²) in [6.45, 7) is -0.210. The Hall–Kier alpha value is -1.44. The monoisotopic (exact) mass is 321 g/mol. The van der Waals surface area contributed by atoms with Gasteiger partial charge in [-0.15, -0.1) is 11.3 Å². The molecule has 0 atom stereocenters. The van der Waals surface area contributed by atoms with Gasteiger partial charge in [-0.05, 0) is 18.8 Å². The number of nitrogens with one attached hydrogen (secondary N) is 1. The molecule has 21 heavy (non-hydrogen) atoms. The Morgan fingerprint density at radius 1 is 1.43 bits per heavy atom. The molecule has 0 saturated heterocycles. The van der Waals surface area contributed by atoms with E-state index in [-0.39, 0.29) is 18.4 Å². The van der Waals surface area contributed by atoms with Gasteiger partial charge in [-0.3, -0.25) is 4.79 Å². The van der Waals surface area contributed by atoms with E-state index in [2.05, 4.69) is 5.32 Å². The molecule has 1 heterocycles. The number of alkyl halides is 3. The number of carbonyl (C=O) groups excluding carboxylic acids is 1. The third-order valence-corrected chi connectivity index (χ3v) is 4.43. The minimum atomic E-state index is -4.20. The molecule has 8 heteroatoms. The molecule has 1 aromatic heterocycles. The SMILES string of the molecule is CN(C)C(=O)c1sc(NCCC(F)(F)F)c(C2CC2)c1N. The number of nitrogens with two attached hydrogens (primary N) is 1. The van der Waals surface area contributed by atoms with E-state index in [1.165, 1.54) is 4.90 Å². The van der Waals surface area contributed by atoms with Crippen LogP contribution in [0.1, 0.15) is 40.4 Å². The van der Waals surface area contributed by atoms with Gasteiger partial charge in [0.15, 0.2) is 0 Å².